The Bertz CT molecular complexity index is 1320. The predicted molar refractivity (Wildman–Crippen MR) is 134 cm³/mol. The molecule has 8 nitrogen and oxygen atoms in total. The largest absolute Gasteiger partial charge is 0.324 e. The van der Waals surface area contributed by atoms with Gasteiger partial charge in [-0.2, -0.15) is 10.1 Å². The summed E-state index contributed by atoms with van der Waals surface area (Å²) in [5, 5.41) is 9.33. The molecule has 0 amide bonds. The van der Waals surface area contributed by atoms with Gasteiger partial charge in [-0.25, -0.2) is 4.68 Å². The molecule has 4 rings (SSSR count). The highest BCUT2D eigenvalue weighted by atomic mass is 35.5. The molecule has 2 aromatic carbocycles. The van der Waals surface area contributed by atoms with Gasteiger partial charge in [-0.3, -0.25) is 4.79 Å². The Morgan fingerprint density at radius 1 is 1.00 bits per heavy atom. The summed E-state index contributed by atoms with van der Waals surface area (Å²) >= 11 is 6.11. The zero-order valence-electron chi connectivity index (χ0n) is 19.5. The third-order valence-corrected chi connectivity index (χ3v) is 5.62. The first-order chi connectivity index (χ1) is 16.4. The van der Waals surface area contributed by atoms with Gasteiger partial charge in [0.2, 0.25) is 5.82 Å². The molecule has 0 N–H and O–H groups in total. The molecule has 0 fully saturated rings. The van der Waals surface area contributed by atoms with Crippen LogP contribution in [0.15, 0.2) is 70.0 Å². The fraction of sp³-hybridized carbons (Fsp3) is 0.280. The molecule has 0 aliphatic carbocycles. The molecule has 0 saturated carbocycles. The van der Waals surface area contributed by atoms with Crippen LogP contribution in [0.3, 0.4) is 0 Å². The van der Waals surface area contributed by atoms with Crippen molar-refractivity contribution in [1.82, 2.24) is 24.8 Å². The van der Waals surface area contributed by atoms with E-state index in [2.05, 4.69) is 27.1 Å². The molecule has 0 unspecified atom stereocenters. The number of rotatable bonds is 9. The zero-order chi connectivity index (χ0) is 24.1. The van der Waals surface area contributed by atoms with Crippen LogP contribution in [0, 0.1) is 0 Å². The third kappa shape index (κ3) is 5.70. The highest BCUT2D eigenvalue weighted by Gasteiger charge is 2.15. The van der Waals surface area contributed by atoms with Gasteiger partial charge in [0.15, 0.2) is 0 Å². The van der Waals surface area contributed by atoms with Crippen LogP contribution in [0.5, 0.6) is 0 Å². The number of likely N-dealkylation sites (N-methyl/N-ethyl adjacent to an activating group) is 2. The van der Waals surface area contributed by atoms with Crippen LogP contribution in [0.1, 0.15) is 12.5 Å². The summed E-state index contributed by atoms with van der Waals surface area (Å²) in [5.74, 6) is 0.508. The first kappa shape index (κ1) is 23.7. The Hall–Kier alpha value is -3.49. The van der Waals surface area contributed by atoms with Gasteiger partial charge < -0.3 is 14.3 Å². The van der Waals surface area contributed by atoms with Gasteiger partial charge in [0.05, 0.1) is 12.2 Å². The summed E-state index contributed by atoms with van der Waals surface area (Å²) in [6, 6.07) is 18.9. The van der Waals surface area contributed by atoms with E-state index in [4.69, 9.17) is 16.1 Å². The number of hydrogen-bond donors (Lipinski definition) is 0. The van der Waals surface area contributed by atoms with E-state index in [1.807, 2.05) is 61.5 Å². The Morgan fingerprint density at radius 3 is 2.56 bits per heavy atom. The molecule has 176 valence electrons. The lowest BCUT2D eigenvalue weighted by atomic mass is 10.1. The molecule has 0 saturated heterocycles. The van der Waals surface area contributed by atoms with Gasteiger partial charge in [0, 0.05) is 41.9 Å². The summed E-state index contributed by atoms with van der Waals surface area (Å²) in [4.78, 5) is 21.2. The average molecular weight is 479 g/mol. The van der Waals surface area contributed by atoms with Crippen LogP contribution in [0.4, 0.5) is 6.01 Å². The maximum Gasteiger partial charge on any atom is 0.324 e. The molecular weight excluding hydrogens is 452 g/mol. The van der Waals surface area contributed by atoms with Crippen molar-refractivity contribution in [2.75, 3.05) is 38.6 Å². The average Bonchev–Trinajstić information content (AvgIpc) is 3.31. The zero-order valence-corrected chi connectivity index (χ0v) is 20.2. The van der Waals surface area contributed by atoms with Crippen molar-refractivity contribution in [1.29, 1.82) is 0 Å². The van der Waals surface area contributed by atoms with Crippen LogP contribution < -0.4 is 10.5 Å². The summed E-state index contributed by atoms with van der Waals surface area (Å²) in [7, 11) is 4.06. The van der Waals surface area contributed by atoms with E-state index in [9.17, 15) is 4.79 Å². The molecular formula is C25H27ClN6O2. The van der Waals surface area contributed by atoms with Gasteiger partial charge >= 0.3 is 6.01 Å². The monoisotopic (exact) mass is 478 g/mol. The normalized spacial score (nSPS) is 11.2. The van der Waals surface area contributed by atoms with E-state index < -0.39 is 0 Å². The number of anilines is 1. The van der Waals surface area contributed by atoms with Crippen molar-refractivity contribution < 1.29 is 4.52 Å². The van der Waals surface area contributed by atoms with Gasteiger partial charge in [0.1, 0.15) is 0 Å². The number of benzene rings is 2. The van der Waals surface area contributed by atoms with Gasteiger partial charge in [-0.05, 0) is 50.8 Å². The van der Waals surface area contributed by atoms with E-state index in [0.29, 0.717) is 29.1 Å². The summed E-state index contributed by atoms with van der Waals surface area (Å²) < 4.78 is 6.97. The van der Waals surface area contributed by atoms with Crippen molar-refractivity contribution in [3.8, 4) is 22.6 Å². The van der Waals surface area contributed by atoms with Crippen LogP contribution in [-0.4, -0.2) is 58.6 Å². The number of nitrogens with zero attached hydrogens (tertiary/aromatic N) is 6. The van der Waals surface area contributed by atoms with Gasteiger partial charge in [-0.15, -0.1) is 0 Å². The Kier molecular flexibility index (Phi) is 7.40. The molecule has 9 heteroatoms. The highest BCUT2D eigenvalue weighted by molar-refractivity contribution is 6.30. The second-order valence-corrected chi connectivity index (χ2v) is 8.65. The van der Waals surface area contributed by atoms with E-state index in [0.717, 1.165) is 36.3 Å². The van der Waals surface area contributed by atoms with Crippen LogP contribution in [0.25, 0.3) is 22.6 Å². The summed E-state index contributed by atoms with van der Waals surface area (Å²) in [6.45, 7) is 4.82. The van der Waals surface area contributed by atoms with E-state index in [-0.39, 0.29) is 5.56 Å². The Morgan fingerprint density at radius 2 is 1.79 bits per heavy atom. The molecule has 0 radical (unpaired) electrons. The first-order valence-electron chi connectivity index (χ1n) is 11.1. The number of hydrogen-bond acceptors (Lipinski definition) is 7. The van der Waals surface area contributed by atoms with Crippen LogP contribution in [-0.2, 0) is 6.54 Å². The second kappa shape index (κ2) is 10.6. The first-order valence-corrected chi connectivity index (χ1v) is 11.5. The van der Waals surface area contributed by atoms with Crippen molar-refractivity contribution in [2.24, 2.45) is 0 Å². The fourth-order valence-electron chi connectivity index (χ4n) is 3.52. The van der Waals surface area contributed by atoms with Gasteiger partial charge in [-0.1, -0.05) is 47.1 Å². The Labute approximate surface area is 203 Å². The van der Waals surface area contributed by atoms with E-state index in [1.54, 1.807) is 12.1 Å². The number of halogens is 1. The quantitative estimate of drug-likeness (QED) is 0.359. The minimum atomic E-state index is -0.183. The smallest absolute Gasteiger partial charge is 0.323 e. The van der Waals surface area contributed by atoms with Crippen molar-refractivity contribution in [3.05, 3.63) is 81.6 Å². The molecule has 4 aromatic rings. The topological polar surface area (TPSA) is 80.3 Å². The SMILES string of the molecule is CCN(CCN(C)C)c1nc(-c2cccc(Cn3nc(-c4cccc(Cl)c4)ccc3=O)c2)no1. The van der Waals surface area contributed by atoms with E-state index >= 15 is 0 Å². The molecule has 0 bridgehead atoms. The predicted octanol–water partition coefficient (Wildman–Crippen LogP) is 4.05. The van der Waals surface area contributed by atoms with E-state index in [1.165, 1.54) is 10.7 Å². The lowest BCUT2D eigenvalue weighted by Crippen LogP contribution is -2.31. The summed E-state index contributed by atoms with van der Waals surface area (Å²) in [5.41, 5.74) is 3.07. The number of aromatic nitrogens is 4. The van der Waals surface area contributed by atoms with Crippen LogP contribution >= 0.6 is 11.6 Å². The molecule has 0 aliphatic heterocycles. The molecule has 0 spiro atoms. The minimum Gasteiger partial charge on any atom is -0.323 e. The summed E-state index contributed by atoms with van der Waals surface area (Å²) in [6.07, 6.45) is 0. The van der Waals surface area contributed by atoms with Crippen molar-refractivity contribution >= 4 is 17.6 Å². The molecule has 2 heterocycles. The molecule has 0 aliphatic rings. The Balaban J connectivity index is 1.56. The minimum absolute atomic E-state index is 0.183. The van der Waals surface area contributed by atoms with Gasteiger partial charge in [0.25, 0.3) is 5.56 Å². The lowest BCUT2D eigenvalue weighted by molar-refractivity contribution is 0.387. The lowest BCUT2D eigenvalue weighted by Gasteiger charge is -2.19. The maximum atomic E-state index is 12.5. The van der Waals surface area contributed by atoms with Crippen molar-refractivity contribution in [2.45, 2.75) is 13.5 Å². The highest BCUT2D eigenvalue weighted by Crippen LogP contribution is 2.22. The maximum absolute atomic E-state index is 12.5. The molecule has 2 aromatic heterocycles. The second-order valence-electron chi connectivity index (χ2n) is 8.21. The van der Waals surface area contributed by atoms with Crippen LogP contribution in [0.2, 0.25) is 5.02 Å². The fourth-order valence-corrected chi connectivity index (χ4v) is 3.71. The van der Waals surface area contributed by atoms with Crippen molar-refractivity contribution in [3.63, 3.8) is 0 Å². The molecule has 34 heavy (non-hydrogen) atoms. The third-order valence-electron chi connectivity index (χ3n) is 5.39. The standard InChI is InChI=1S/C25H27ClN6O2/c1-4-31(14-13-30(2)3)25-27-24(29-34-25)20-9-5-7-18(15-20)17-32-23(33)12-11-22(28-32)19-8-6-10-21(26)16-19/h5-12,15-16H,4,13-14,17H2,1-3H3. The molecule has 0 atom stereocenters.